The van der Waals surface area contributed by atoms with Gasteiger partial charge in [-0.1, -0.05) is 41.9 Å². The molecule has 0 aliphatic heterocycles. The molecule has 41 heavy (non-hydrogen) atoms. The Morgan fingerprint density at radius 2 is 1.83 bits per heavy atom. The zero-order valence-corrected chi connectivity index (χ0v) is 23.2. The molecule has 2 heterocycles. The second-order valence-electron chi connectivity index (χ2n) is 10.9. The monoisotopic (exact) mass is 572 g/mol. The average Bonchev–Trinajstić information content (AvgIpc) is 3.28. The SMILES string of the molecule is Cc1c(C2=C(F)C[C@H](C(N)=O)c3[nH]c4cc(C(C)(C)O)ccc4c32)cccc1-n1c(=O)[nH]c2c(Cl)cccc2c1=O. The highest BCUT2D eigenvalue weighted by Gasteiger charge is 2.35. The van der Waals surface area contributed by atoms with Gasteiger partial charge in [-0.15, -0.1) is 0 Å². The van der Waals surface area contributed by atoms with Crippen LogP contribution in [0.5, 0.6) is 0 Å². The van der Waals surface area contributed by atoms with E-state index >= 15 is 4.39 Å². The number of carbonyl (C=O) groups excluding carboxylic acids is 1. The minimum absolute atomic E-state index is 0.232. The molecule has 1 amide bonds. The zero-order chi connectivity index (χ0) is 29.4. The topological polar surface area (TPSA) is 134 Å². The van der Waals surface area contributed by atoms with Gasteiger partial charge in [-0.25, -0.2) is 13.8 Å². The fourth-order valence-corrected chi connectivity index (χ4v) is 5.95. The van der Waals surface area contributed by atoms with Gasteiger partial charge in [0.25, 0.3) is 5.56 Å². The molecule has 1 aliphatic carbocycles. The summed E-state index contributed by atoms with van der Waals surface area (Å²) in [5, 5.41) is 11.7. The summed E-state index contributed by atoms with van der Waals surface area (Å²) in [6.45, 7) is 5.03. The summed E-state index contributed by atoms with van der Waals surface area (Å²) in [6, 6.07) is 15.0. The number of fused-ring (bicyclic) bond motifs is 4. The Hall–Kier alpha value is -4.47. The fourth-order valence-electron chi connectivity index (χ4n) is 5.73. The van der Waals surface area contributed by atoms with Crippen LogP contribution in [0.3, 0.4) is 0 Å². The number of aliphatic hydroxyl groups is 1. The van der Waals surface area contributed by atoms with Crippen LogP contribution in [-0.2, 0) is 10.4 Å². The van der Waals surface area contributed by atoms with Crippen LogP contribution >= 0.6 is 11.6 Å². The van der Waals surface area contributed by atoms with Crippen LogP contribution in [-0.4, -0.2) is 25.5 Å². The number of nitrogens with two attached hydrogens (primary N) is 1. The maximum Gasteiger partial charge on any atom is 0.333 e. The number of primary amides is 1. The van der Waals surface area contributed by atoms with Gasteiger partial charge in [0.05, 0.1) is 33.1 Å². The Kier molecular flexibility index (Phi) is 6.06. The van der Waals surface area contributed by atoms with Crippen LogP contribution in [0.15, 0.2) is 70.0 Å². The molecule has 0 fully saturated rings. The molecule has 5 N–H and O–H groups in total. The number of aromatic nitrogens is 3. The lowest BCUT2D eigenvalue weighted by Crippen LogP contribution is -2.34. The lowest BCUT2D eigenvalue weighted by molar-refractivity contribution is -0.119. The molecule has 5 aromatic rings. The van der Waals surface area contributed by atoms with E-state index in [1.807, 2.05) is 0 Å². The Balaban J connectivity index is 1.62. The van der Waals surface area contributed by atoms with Crippen molar-refractivity contribution in [2.75, 3.05) is 0 Å². The maximum atomic E-state index is 16.1. The largest absolute Gasteiger partial charge is 0.386 e. The number of nitrogens with one attached hydrogen (secondary N) is 2. The van der Waals surface area contributed by atoms with E-state index in [4.69, 9.17) is 17.3 Å². The van der Waals surface area contributed by atoms with Gasteiger partial charge in [0.2, 0.25) is 5.91 Å². The number of amides is 1. The third-order valence-electron chi connectivity index (χ3n) is 7.83. The standard InChI is InChI=1S/C31H26ClFN4O4/c1-14-16(6-5-9-23(14)37-29(39)18-7-4-8-20(32)26(18)36-30(37)40)24-21(33)13-19(28(34)38)27-25(24)17-11-10-15(31(2,3)41)12-22(17)35-27/h4-12,19,35,41H,13H2,1-3H3,(H2,34,38)(H,36,40)/t19-/m0/s1. The molecule has 0 saturated heterocycles. The van der Waals surface area contributed by atoms with Crippen LogP contribution in [0.1, 0.15) is 54.1 Å². The van der Waals surface area contributed by atoms with Crippen molar-refractivity contribution in [3.05, 3.63) is 114 Å². The van der Waals surface area contributed by atoms with E-state index in [9.17, 15) is 19.5 Å². The molecule has 0 spiro atoms. The Labute approximate surface area is 237 Å². The number of hydrogen-bond acceptors (Lipinski definition) is 4. The van der Waals surface area contributed by atoms with E-state index in [0.29, 0.717) is 38.9 Å². The average molecular weight is 573 g/mol. The summed E-state index contributed by atoms with van der Waals surface area (Å²) < 4.78 is 17.1. The lowest BCUT2D eigenvalue weighted by atomic mass is 9.81. The van der Waals surface area contributed by atoms with Crippen LogP contribution in [0, 0.1) is 6.92 Å². The Bertz CT molecular complexity index is 2080. The van der Waals surface area contributed by atoms with E-state index in [1.54, 1.807) is 75.4 Å². The molecule has 0 bridgehead atoms. The maximum absolute atomic E-state index is 16.1. The first-order chi connectivity index (χ1) is 19.4. The summed E-state index contributed by atoms with van der Waals surface area (Å²) in [4.78, 5) is 45.0. The number of benzene rings is 3. The number of aromatic amines is 2. The van der Waals surface area contributed by atoms with Crippen LogP contribution in [0.2, 0.25) is 5.02 Å². The van der Waals surface area contributed by atoms with E-state index in [1.165, 1.54) is 0 Å². The molecule has 1 atom stereocenters. The molecule has 1 aliphatic rings. The molecule has 0 saturated carbocycles. The number of rotatable bonds is 4. The number of allylic oxidation sites excluding steroid dienone is 1. The second kappa shape index (κ2) is 9.29. The normalized spacial score (nSPS) is 15.5. The van der Waals surface area contributed by atoms with Crippen molar-refractivity contribution in [2.45, 2.75) is 38.7 Å². The van der Waals surface area contributed by atoms with Crippen molar-refractivity contribution in [3.8, 4) is 5.69 Å². The first-order valence-electron chi connectivity index (χ1n) is 13.0. The van der Waals surface area contributed by atoms with Crippen LogP contribution in [0.4, 0.5) is 4.39 Å². The quantitative estimate of drug-likeness (QED) is 0.240. The third kappa shape index (κ3) is 4.11. The predicted octanol–water partition coefficient (Wildman–Crippen LogP) is 5.05. The van der Waals surface area contributed by atoms with Crippen molar-refractivity contribution in [2.24, 2.45) is 5.73 Å². The van der Waals surface area contributed by atoms with Crippen molar-refractivity contribution in [1.29, 1.82) is 0 Å². The van der Waals surface area contributed by atoms with E-state index in [2.05, 4.69) is 9.97 Å². The first-order valence-corrected chi connectivity index (χ1v) is 13.4. The molecule has 0 radical (unpaired) electrons. The molecular formula is C31H26ClFN4O4. The molecule has 208 valence electrons. The minimum atomic E-state index is -1.12. The van der Waals surface area contributed by atoms with Gasteiger partial charge in [0.1, 0.15) is 5.83 Å². The number of H-pyrrole nitrogens is 2. The van der Waals surface area contributed by atoms with E-state index < -0.39 is 34.5 Å². The summed E-state index contributed by atoms with van der Waals surface area (Å²) >= 11 is 6.21. The highest BCUT2D eigenvalue weighted by molar-refractivity contribution is 6.34. The van der Waals surface area contributed by atoms with E-state index in [-0.39, 0.29) is 33.6 Å². The summed E-state index contributed by atoms with van der Waals surface area (Å²) in [6.07, 6.45) is -0.249. The Morgan fingerprint density at radius 1 is 1.10 bits per heavy atom. The third-order valence-corrected chi connectivity index (χ3v) is 8.14. The first kappa shape index (κ1) is 26.7. The van der Waals surface area contributed by atoms with Gasteiger partial charge in [0.15, 0.2) is 0 Å². The summed E-state index contributed by atoms with van der Waals surface area (Å²) in [7, 11) is 0. The molecule has 10 heteroatoms. The van der Waals surface area contributed by atoms with Gasteiger partial charge in [-0.2, -0.15) is 0 Å². The minimum Gasteiger partial charge on any atom is -0.386 e. The molecule has 8 nitrogen and oxygen atoms in total. The van der Waals surface area contributed by atoms with Crippen molar-refractivity contribution >= 4 is 44.9 Å². The van der Waals surface area contributed by atoms with E-state index in [0.717, 1.165) is 4.57 Å². The van der Waals surface area contributed by atoms with Gasteiger partial charge in [0, 0.05) is 34.2 Å². The molecule has 0 unspecified atom stereocenters. The second-order valence-corrected chi connectivity index (χ2v) is 11.3. The number of hydrogen-bond donors (Lipinski definition) is 4. The molecule has 2 aromatic heterocycles. The van der Waals surface area contributed by atoms with Crippen LogP contribution < -0.4 is 17.0 Å². The predicted molar refractivity (Wildman–Crippen MR) is 157 cm³/mol. The van der Waals surface area contributed by atoms with Crippen LogP contribution in [0.25, 0.3) is 33.1 Å². The summed E-state index contributed by atoms with van der Waals surface area (Å²) in [5.74, 6) is -2.14. The molecular weight excluding hydrogens is 547 g/mol. The van der Waals surface area contributed by atoms with Crippen molar-refractivity contribution in [3.63, 3.8) is 0 Å². The molecule has 3 aromatic carbocycles. The number of halogens is 2. The molecule has 6 rings (SSSR count). The lowest BCUT2D eigenvalue weighted by Gasteiger charge is -2.24. The number of nitrogens with zero attached hydrogens (tertiary/aromatic N) is 1. The van der Waals surface area contributed by atoms with Gasteiger partial charge in [-0.05, 0) is 61.7 Å². The smallest absolute Gasteiger partial charge is 0.333 e. The van der Waals surface area contributed by atoms with Crippen molar-refractivity contribution in [1.82, 2.24) is 14.5 Å². The van der Waals surface area contributed by atoms with Gasteiger partial charge >= 0.3 is 5.69 Å². The van der Waals surface area contributed by atoms with Gasteiger partial charge < -0.3 is 20.8 Å². The number of carbonyl (C=O) groups is 1. The van der Waals surface area contributed by atoms with Gasteiger partial charge in [-0.3, -0.25) is 9.59 Å². The zero-order valence-electron chi connectivity index (χ0n) is 22.4. The Morgan fingerprint density at radius 3 is 2.54 bits per heavy atom. The van der Waals surface area contributed by atoms with Crippen molar-refractivity contribution < 1.29 is 14.3 Å². The fraction of sp³-hybridized carbons (Fsp3) is 0.194. The number of para-hydroxylation sites is 1. The highest BCUT2D eigenvalue weighted by atomic mass is 35.5. The summed E-state index contributed by atoms with van der Waals surface area (Å²) in [5.41, 5.74) is 7.21. The highest BCUT2D eigenvalue weighted by Crippen LogP contribution is 2.47.